The predicted molar refractivity (Wildman–Crippen MR) is 103 cm³/mol. The van der Waals surface area contributed by atoms with Crippen molar-refractivity contribution in [2.75, 3.05) is 0 Å². The Morgan fingerprint density at radius 3 is 1.52 bits per heavy atom. The summed E-state index contributed by atoms with van der Waals surface area (Å²) in [5, 5.41) is 9.48. The maximum absolute atomic E-state index is 12.6. The molecule has 6 nitrogen and oxygen atoms in total. The van der Waals surface area contributed by atoms with Gasteiger partial charge in [0.15, 0.2) is 6.29 Å². The van der Waals surface area contributed by atoms with Gasteiger partial charge in [-0.1, -0.05) is 64.2 Å². The molecular formula is C21H34NO5. The van der Waals surface area contributed by atoms with Crippen LogP contribution in [0.1, 0.15) is 103 Å². The Morgan fingerprint density at radius 1 is 0.815 bits per heavy atom. The number of hydrogen-bond donors (Lipinski definition) is 1. The van der Waals surface area contributed by atoms with E-state index in [-0.39, 0.29) is 25.7 Å². The van der Waals surface area contributed by atoms with Gasteiger partial charge in [-0.15, -0.1) is 0 Å². The number of amides is 2. The fourth-order valence-electron chi connectivity index (χ4n) is 3.61. The first-order valence-electron chi connectivity index (χ1n) is 10.5. The first-order valence-corrected chi connectivity index (χ1v) is 10.5. The van der Waals surface area contributed by atoms with Crippen molar-refractivity contribution in [3.8, 4) is 0 Å². The molecule has 1 rings (SSSR count). The molecule has 1 N–H and O–H groups in total. The van der Waals surface area contributed by atoms with E-state index in [0.29, 0.717) is 12.8 Å². The molecule has 153 valence electrons. The lowest BCUT2D eigenvalue weighted by atomic mass is 10.0. The average Bonchev–Trinajstić information content (AvgIpc) is 2.64. The molecule has 2 amide bonds. The van der Waals surface area contributed by atoms with Crippen LogP contribution in [0.25, 0.3) is 0 Å². The lowest BCUT2D eigenvalue weighted by Gasteiger charge is -2.27. The van der Waals surface area contributed by atoms with Crippen LogP contribution in [0.15, 0.2) is 0 Å². The van der Waals surface area contributed by atoms with Crippen molar-refractivity contribution in [2.45, 2.75) is 109 Å². The van der Waals surface area contributed by atoms with Crippen LogP contribution in [0.3, 0.4) is 0 Å². The molecule has 1 aliphatic heterocycles. The molecule has 0 bridgehead atoms. The number of nitrogens with zero attached hydrogens (tertiary/aromatic N) is 1. The Bertz CT molecular complexity index is 449. The number of carboxylic acid groups (broad SMARTS) is 1. The zero-order chi connectivity index (χ0) is 19.9. The lowest BCUT2D eigenvalue weighted by molar-refractivity contribution is -0.158. The molecule has 0 aliphatic carbocycles. The van der Waals surface area contributed by atoms with E-state index in [4.69, 9.17) is 0 Å². The highest BCUT2D eigenvalue weighted by Crippen LogP contribution is 2.18. The Hall–Kier alpha value is -1.72. The molecule has 0 aromatic carbocycles. The molecule has 1 radical (unpaired) electrons. The summed E-state index contributed by atoms with van der Waals surface area (Å²) in [4.78, 5) is 48.3. The normalized spacial score (nSPS) is 20.7. The number of aliphatic carboxylic acids is 1. The van der Waals surface area contributed by atoms with Crippen LogP contribution < -0.4 is 0 Å². The Labute approximate surface area is 162 Å². The maximum Gasteiger partial charge on any atom is 0.326 e. The van der Waals surface area contributed by atoms with Gasteiger partial charge in [-0.05, 0) is 19.3 Å². The van der Waals surface area contributed by atoms with Crippen LogP contribution in [0.5, 0.6) is 0 Å². The van der Waals surface area contributed by atoms with Gasteiger partial charge in [0.2, 0.25) is 11.8 Å². The number of hydrogen-bond acceptors (Lipinski definition) is 4. The van der Waals surface area contributed by atoms with E-state index in [1.165, 1.54) is 25.7 Å². The molecule has 1 heterocycles. The van der Waals surface area contributed by atoms with E-state index in [2.05, 4.69) is 0 Å². The third-order valence-electron chi connectivity index (χ3n) is 5.19. The molecule has 0 saturated carbocycles. The van der Waals surface area contributed by atoms with Gasteiger partial charge < -0.3 is 5.11 Å². The highest BCUT2D eigenvalue weighted by atomic mass is 16.4. The van der Waals surface area contributed by atoms with Crippen LogP contribution in [0.4, 0.5) is 0 Å². The van der Waals surface area contributed by atoms with Crippen LogP contribution in [0.2, 0.25) is 0 Å². The van der Waals surface area contributed by atoms with E-state index in [9.17, 15) is 24.3 Å². The van der Waals surface area contributed by atoms with E-state index in [1.807, 2.05) is 0 Å². The molecular weight excluding hydrogens is 346 g/mol. The second kappa shape index (κ2) is 14.4. The van der Waals surface area contributed by atoms with Gasteiger partial charge in [0.1, 0.15) is 6.04 Å². The highest BCUT2D eigenvalue weighted by Gasteiger charge is 2.33. The summed E-state index contributed by atoms with van der Waals surface area (Å²) in [6.45, 7) is 0. The smallest absolute Gasteiger partial charge is 0.326 e. The second-order valence-corrected chi connectivity index (χ2v) is 7.44. The summed E-state index contributed by atoms with van der Waals surface area (Å²) in [5.41, 5.74) is 0. The van der Waals surface area contributed by atoms with Gasteiger partial charge >= 0.3 is 5.97 Å². The zero-order valence-electron chi connectivity index (χ0n) is 16.4. The van der Waals surface area contributed by atoms with Gasteiger partial charge in [0.05, 0.1) is 0 Å². The summed E-state index contributed by atoms with van der Waals surface area (Å²) in [5.74, 6) is -2.09. The summed E-state index contributed by atoms with van der Waals surface area (Å²) in [6.07, 6.45) is 14.4. The van der Waals surface area contributed by atoms with Crippen molar-refractivity contribution >= 4 is 24.1 Å². The fourth-order valence-corrected chi connectivity index (χ4v) is 3.61. The predicted octanol–water partition coefficient (Wildman–Crippen LogP) is 4.16. The standard InChI is InChI=1S/C21H34NO5/c23-17-13-14-18(21(26)27)22-19(24)15-11-9-7-5-3-1-2-4-6-8-10-12-16-20(22)25/h18H,1-16H2,(H,26,27)/t18-/m0/s1. The van der Waals surface area contributed by atoms with Crippen molar-refractivity contribution in [1.29, 1.82) is 0 Å². The summed E-state index contributed by atoms with van der Waals surface area (Å²) >= 11 is 0. The molecule has 27 heavy (non-hydrogen) atoms. The van der Waals surface area contributed by atoms with E-state index in [1.54, 1.807) is 6.29 Å². The summed E-state index contributed by atoms with van der Waals surface area (Å²) < 4.78 is 0. The van der Waals surface area contributed by atoms with Gasteiger partial charge in [-0.2, -0.15) is 0 Å². The summed E-state index contributed by atoms with van der Waals surface area (Å²) in [7, 11) is 0. The molecule has 0 unspecified atom stereocenters. The fraction of sp³-hybridized carbons (Fsp3) is 0.810. The van der Waals surface area contributed by atoms with Crippen LogP contribution in [-0.4, -0.2) is 40.1 Å². The van der Waals surface area contributed by atoms with Gasteiger partial charge in [0, 0.05) is 19.3 Å². The SMILES string of the molecule is O=[C]CC[C@@H](C(=O)O)N1C(=O)CCCCCCCCCCCCCCC1=O. The minimum Gasteiger partial charge on any atom is -0.480 e. The van der Waals surface area contributed by atoms with Crippen LogP contribution >= 0.6 is 0 Å². The van der Waals surface area contributed by atoms with Crippen molar-refractivity contribution in [3.63, 3.8) is 0 Å². The van der Waals surface area contributed by atoms with Crippen molar-refractivity contribution in [2.24, 2.45) is 0 Å². The number of carboxylic acids is 1. The number of carbonyl (C=O) groups is 3. The van der Waals surface area contributed by atoms with E-state index >= 15 is 0 Å². The van der Waals surface area contributed by atoms with E-state index in [0.717, 1.165) is 43.4 Å². The molecule has 0 spiro atoms. The molecule has 6 heteroatoms. The number of rotatable bonds is 5. The monoisotopic (exact) mass is 380 g/mol. The van der Waals surface area contributed by atoms with Gasteiger partial charge in [-0.3, -0.25) is 19.3 Å². The Kier molecular flexibility index (Phi) is 12.4. The molecule has 1 atom stereocenters. The highest BCUT2D eigenvalue weighted by molar-refractivity contribution is 5.99. The van der Waals surface area contributed by atoms with E-state index < -0.39 is 23.8 Å². The largest absolute Gasteiger partial charge is 0.480 e. The topological polar surface area (TPSA) is 91.8 Å². The minimum atomic E-state index is -1.27. The molecule has 0 aromatic heterocycles. The van der Waals surface area contributed by atoms with Crippen LogP contribution in [-0.2, 0) is 19.2 Å². The quantitative estimate of drug-likeness (QED) is 0.723. The average molecular weight is 381 g/mol. The van der Waals surface area contributed by atoms with Gasteiger partial charge in [-0.25, -0.2) is 4.79 Å². The Balaban J connectivity index is 2.79. The van der Waals surface area contributed by atoms with Gasteiger partial charge in [0.25, 0.3) is 0 Å². The second-order valence-electron chi connectivity index (χ2n) is 7.44. The number of carbonyl (C=O) groups excluding carboxylic acids is 3. The molecule has 1 aliphatic rings. The van der Waals surface area contributed by atoms with Crippen molar-refractivity contribution < 1.29 is 24.3 Å². The van der Waals surface area contributed by atoms with Crippen molar-refractivity contribution in [3.05, 3.63) is 0 Å². The maximum atomic E-state index is 12.6. The zero-order valence-corrected chi connectivity index (χ0v) is 16.4. The molecule has 1 saturated heterocycles. The molecule has 0 aromatic rings. The van der Waals surface area contributed by atoms with Crippen LogP contribution in [0, 0.1) is 0 Å². The third-order valence-corrected chi connectivity index (χ3v) is 5.19. The Morgan fingerprint density at radius 2 is 1.19 bits per heavy atom. The third kappa shape index (κ3) is 9.68. The van der Waals surface area contributed by atoms with Crippen molar-refractivity contribution in [1.82, 2.24) is 4.90 Å². The lowest BCUT2D eigenvalue weighted by Crippen LogP contribution is -2.48. The first kappa shape index (κ1) is 23.3. The minimum absolute atomic E-state index is 0.0731. The first-order chi connectivity index (χ1) is 13.1. The molecule has 1 fully saturated rings. The summed E-state index contributed by atoms with van der Waals surface area (Å²) in [6, 6.07) is -1.27. The number of imide groups is 1.